The summed E-state index contributed by atoms with van der Waals surface area (Å²) in [5.41, 5.74) is 4.27. The number of unbranched alkanes of at least 4 members (excludes halogenated alkanes) is 6. The first kappa shape index (κ1) is 18.1. The van der Waals surface area contributed by atoms with E-state index in [9.17, 15) is 0 Å². The first-order valence-corrected chi connectivity index (χ1v) is 10.2. The van der Waals surface area contributed by atoms with Crippen molar-refractivity contribution in [2.24, 2.45) is 0 Å². The third-order valence-corrected chi connectivity index (χ3v) is 5.15. The maximum Gasteiger partial charge on any atom is 0.0184 e. The van der Waals surface area contributed by atoms with E-state index in [1.165, 1.54) is 78.5 Å². The summed E-state index contributed by atoms with van der Waals surface area (Å²) in [6, 6.07) is 6.90. The average molecular weight is 357 g/mol. The highest BCUT2D eigenvalue weighted by molar-refractivity contribution is 9.09. The highest BCUT2D eigenvalue weighted by Crippen LogP contribution is 2.18. The Bertz CT molecular complexity index is 342. The maximum absolute atomic E-state index is 3.49. The van der Waals surface area contributed by atoms with E-state index in [1.807, 2.05) is 0 Å². The summed E-state index contributed by atoms with van der Waals surface area (Å²) in [5.74, 6) is 2.49. The molecule has 0 bridgehead atoms. The van der Waals surface area contributed by atoms with Crippen LogP contribution in [0.2, 0.25) is 0 Å². The third kappa shape index (κ3) is 9.07. The standard InChI is InChI=1S/C18H29BrS/c1-16-12-17(2)14-18(13-16)15-20-11-9-7-5-3-4-6-8-10-19/h12-14H,3-11,15H2,1-2H3. The minimum atomic E-state index is 1.17. The molecule has 114 valence electrons. The Morgan fingerprint density at radius 2 is 1.35 bits per heavy atom. The van der Waals surface area contributed by atoms with E-state index in [2.05, 4.69) is 59.7 Å². The molecule has 0 unspecified atom stereocenters. The van der Waals surface area contributed by atoms with Crippen molar-refractivity contribution in [3.8, 4) is 0 Å². The van der Waals surface area contributed by atoms with Gasteiger partial charge in [0.05, 0.1) is 0 Å². The molecule has 0 heterocycles. The lowest BCUT2D eigenvalue weighted by atomic mass is 10.1. The van der Waals surface area contributed by atoms with Crippen LogP contribution in [0.3, 0.4) is 0 Å². The van der Waals surface area contributed by atoms with Crippen LogP contribution in [-0.4, -0.2) is 11.1 Å². The van der Waals surface area contributed by atoms with E-state index in [-0.39, 0.29) is 0 Å². The molecule has 0 aliphatic rings. The number of hydrogen-bond acceptors (Lipinski definition) is 1. The van der Waals surface area contributed by atoms with E-state index >= 15 is 0 Å². The lowest BCUT2D eigenvalue weighted by molar-refractivity contribution is 0.606. The van der Waals surface area contributed by atoms with Gasteiger partial charge in [-0.3, -0.25) is 0 Å². The zero-order chi connectivity index (χ0) is 14.6. The van der Waals surface area contributed by atoms with Gasteiger partial charge in [0.15, 0.2) is 0 Å². The summed E-state index contributed by atoms with van der Waals surface area (Å²) in [6.45, 7) is 4.38. The molecule has 0 aromatic heterocycles. The Morgan fingerprint density at radius 1 is 0.800 bits per heavy atom. The molecule has 1 rings (SSSR count). The molecule has 0 aliphatic carbocycles. The Balaban J connectivity index is 1.97. The van der Waals surface area contributed by atoms with Gasteiger partial charge < -0.3 is 0 Å². The topological polar surface area (TPSA) is 0 Å². The Labute approximate surface area is 138 Å². The monoisotopic (exact) mass is 356 g/mol. The molecule has 0 spiro atoms. The minimum absolute atomic E-state index is 1.17. The summed E-state index contributed by atoms with van der Waals surface area (Å²) >= 11 is 5.58. The number of thioether (sulfide) groups is 1. The second kappa shape index (κ2) is 11.7. The van der Waals surface area contributed by atoms with E-state index in [1.54, 1.807) is 0 Å². The number of hydrogen-bond donors (Lipinski definition) is 0. The average Bonchev–Trinajstić information content (AvgIpc) is 2.40. The van der Waals surface area contributed by atoms with E-state index in [0.717, 1.165) is 0 Å². The lowest BCUT2D eigenvalue weighted by Gasteiger charge is -2.05. The van der Waals surface area contributed by atoms with Crippen LogP contribution in [0.1, 0.15) is 61.6 Å². The Morgan fingerprint density at radius 3 is 1.95 bits per heavy atom. The molecule has 1 aromatic rings. The van der Waals surface area contributed by atoms with Gasteiger partial charge in [-0.15, -0.1) is 0 Å². The molecule has 0 amide bonds. The van der Waals surface area contributed by atoms with Crippen molar-refractivity contribution in [3.63, 3.8) is 0 Å². The Hall–Kier alpha value is 0.0500. The maximum atomic E-state index is 3.49. The molecular formula is C18H29BrS. The number of alkyl halides is 1. The van der Waals surface area contributed by atoms with Crippen LogP contribution in [0, 0.1) is 13.8 Å². The van der Waals surface area contributed by atoms with Crippen molar-refractivity contribution in [2.75, 3.05) is 11.1 Å². The van der Waals surface area contributed by atoms with Gasteiger partial charge in [-0.2, -0.15) is 11.8 Å². The van der Waals surface area contributed by atoms with Gasteiger partial charge >= 0.3 is 0 Å². The quantitative estimate of drug-likeness (QED) is 0.315. The molecule has 0 N–H and O–H groups in total. The fourth-order valence-corrected chi connectivity index (χ4v) is 3.88. The van der Waals surface area contributed by atoms with Gasteiger partial charge in [-0.05, 0) is 38.0 Å². The molecule has 2 heteroatoms. The largest absolute Gasteiger partial charge is 0.157 e. The summed E-state index contributed by atoms with van der Waals surface area (Å²) < 4.78 is 0. The zero-order valence-corrected chi connectivity index (χ0v) is 15.5. The Kier molecular flexibility index (Phi) is 10.6. The van der Waals surface area contributed by atoms with E-state index in [0.29, 0.717) is 0 Å². The summed E-state index contributed by atoms with van der Waals surface area (Å²) in [4.78, 5) is 0. The molecule has 0 saturated carbocycles. The first-order valence-electron chi connectivity index (χ1n) is 7.93. The number of aryl methyl sites for hydroxylation is 2. The molecule has 20 heavy (non-hydrogen) atoms. The van der Waals surface area contributed by atoms with Gasteiger partial charge in [0, 0.05) is 11.1 Å². The summed E-state index contributed by atoms with van der Waals surface area (Å²) in [7, 11) is 0. The lowest BCUT2D eigenvalue weighted by Crippen LogP contribution is -1.88. The van der Waals surface area contributed by atoms with Crippen molar-refractivity contribution in [2.45, 2.75) is 64.5 Å². The van der Waals surface area contributed by atoms with Crippen molar-refractivity contribution >= 4 is 27.7 Å². The predicted molar refractivity (Wildman–Crippen MR) is 98.2 cm³/mol. The second-order valence-electron chi connectivity index (χ2n) is 5.71. The molecular weight excluding hydrogens is 328 g/mol. The smallest absolute Gasteiger partial charge is 0.0184 e. The van der Waals surface area contributed by atoms with Gasteiger partial charge in [0.25, 0.3) is 0 Å². The number of benzene rings is 1. The van der Waals surface area contributed by atoms with Gasteiger partial charge in [0.1, 0.15) is 0 Å². The second-order valence-corrected chi connectivity index (χ2v) is 7.61. The molecule has 1 aromatic carbocycles. The molecule has 0 aliphatic heterocycles. The highest BCUT2D eigenvalue weighted by Gasteiger charge is 1.97. The van der Waals surface area contributed by atoms with Crippen molar-refractivity contribution in [1.82, 2.24) is 0 Å². The van der Waals surface area contributed by atoms with E-state index < -0.39 is 0 Å². The predicted octanol–water partition coefficient (Wildman–Crippen LogP) is 6.66. The summed E-state index contributed by atoms with van der Waals surface area (Å²) in [5, 5.41) is 1.17. The van der Waals surface area contributed by atoms with E-state index in [4.69, 9.17) is 0 Å². The molecule has 0 radical (unpaired) electrons. The zero-order valence-electron chi connectivity index (χ0n) is 13.1. The van der Waals surface area contributed by atoms with Gasteiger partial charge in [-0.25, -0.2) is 0 Å². The highest BCUT2D eigenvalue weighted by atomic mass is 79.9. The summed E-state index contributed by atoms with van der Waals surface area (Å²) in [6.07, 6.45) is 9.79. The molecule has 0 fully saturated rings. The van der Waals surface area contributed by atoms with Crippen molar-refractivity contribution in [3.05, 3.63) is 34.9 Å². The van der Waals surface area contributed by atoms with Crippen molar-refractivity contribution < 1.29 is 0 Å². The van der Waals surface area contributed by atoms with Crippen molar-refractivity contribution in [1.29, 1.82) is 0 Å². The van der Waals surface area contributed by atoms with Gasteiger partial charge in [0.2, 0.25) is 0 Å². The van der Waals surface area contributed by atoms with Crippen LogP contribution in [0.15, 0.2) is 18.2 Å². The first-order chi connectivity index (χ1) is 9.72. The normalized spacial score (nSPS) is 10.9. The third-order valence-electron chi connectivity index (χ3n) is 3.47. The fourth-order valence-electron chi connectivity index (χ4n) is 2.52. The van der Waals surface area contributed by atoms with Crippen LogP contribution in [0.4, 0.5) is 0 Å². The number of rotatable bonds is 11. The van der Waals surface area contributed by atoms with Crippen LogP contribution < -0.4 is 0 Å². The van der Waals surface area contributed by atoms with Crippen LogP contribution in [0.5, 0.6) is 0 Å². The number of halogens is 1. The van der Waals surface area contributed by atoms with Gasteiger partial charge in [-0.1, -0.05) is 77.4 Å². The molecule has 0 atom stereocenters. The fraction of sp³-hybridized carbons (Fsp3) is 0.667. The molecule has 0 nitrogen and oxygen atoms in total. The molecule has 0 saturated heterocycles. The van der Waals surface area contributed by atoms with Crippen LogP contribution in [0.25, 0.3) is 0 Å². The minimum Gasteiger partial charge on any atom is -0.157 e. The van der Waals surface area contributed by atoms with Crippen LogP contribution >= 0.6 is 27.7 Å². The van der Waals surface area contributed by atoms with Crippen LogP contribution in [-0.2, 0) is 5.75 Å². The SMILES string of the molecule is Cc1cc(C)cc(CSCCCCCCCCCBr)c1.